The average molecular weight is 405 g/mol. The van der Waals surface area contributed by atoms with Gasteiger partial charge in [-0.1, -0.05) is 35.3 Å². The highest BCUT2D eigenvalue weighted by atomic mass is 35.5. The topological polar surface area (TPSA) is 32.3 Å². The summed E-state index contributed by atoms with van der Waals surface area (Å²) >= 11 is 11.8. The number of carbonyl (C=O) groups excluding carboxylic acids is 1. The van der Waals surface area contributed by atoms with Crippen LogP contribution in [0.3, 0.4) is 0 Å². The molecule has 0 saturated heterocycles. The van der Waals surface area contributed by atoms with E-state index in [9.17, 15) is 18.0 Å². The first-order valence-electron chi connectivity index (χ1n) is 7.69. The fourth-order valence-electron chi connectivity index (χ4n) is 2.30. The molecule has 1 atom stereocenters. The van der Waals surface area contributed by atoms with Crippen LogP contribution in [0.2, 0.25) is 10.0 Å². The number of alkyl halides is 3. The van der Waals surface area contributed by atoms with Crippen LogP contribution in [-0.4, -0.2) is 23.9 Å². The number of anilines is 1. The molecule has 0 fully saturated rings. The Morgan fingerprint density at radius 2 is 1.65 bits per heavy atom. The van der Waals surface area contributed by atoms with Crippen LogP contribution in [0.5, 0.6) is 0 Å². The van der Waals surface area contributed by atoms with Gasteiger partial charge in [0, 0.05) is 22.3 Å². The van der Waals surface area contributed by atoms with Gasteiger partial charge < -0.3 is 5.32 Å². The first-order valence-corrected chi connectivity index (χ1v) is 8.45. The standard InChI is InChI=1S/C18H17Cl2F3N2O/c1-11(17(26)24-16-8-14(19)7-15(20)9-16)25(2)10-12-3-5-13(6-4-12)18(21,22)23/h3-9,11H,10H2,1-2H3,(H,24,26). The summed E-state index contributed by atoms with van der Waals surface area (Å²) in [6.07, 6.45) is -4.37. The maximum atomic E-state index is 12.6. The van der Waals surface area contributed by atoms with Gasteiger partial charge in [0.05, 0.1) is 11.6 Å². The lowest BCUT2D eigenvalue weighted by Gasteiger charge is -2.24. The Hall–Kier alpha value is -1.76. The summed E-state index contributed by atoms with van der Waals surface area (Å²) in [4.78, 5) is 14.1. The summed E-state index contributed by atoms with van der Waals surface area (Å²) in [6.45, 7) is 2.02. The zero-order valence-corrected chi connectivity index (χ0v) is 15.6. The molecular formula is C18H17Cl2F3N2O. The number of hydrogen-bond acceptors (Lipinski definition) is 2. The van der Waals surface area contributed by atoms with Crippen LogP contribution in [0.1, 0.15) is 18.1 Å². The smallest absolute Gasteiger partial charge is 0.325 e. The summed E-state index contributed by atoms with van der Waals surface area (Å²) in [5, 5.41) is 3.52. The predicted octanol–water partition coefficient (Wildman–Crippen LogP) is 5.47. The van der Waals surface area contributed by atoms with Crippen molar-refractivity contribution in [3.8, 4) is 0 Å². The highest BCUT2D eigenvalue weighted by molar-refractivity contribution is 6.35. The number of amides is 1. The minimum absolute atomic E-state index is 0.280. The van der Waals surface area contributed by atoms with Crippen LogP contribution in [0, 0.1) is 0 Å². The van der Waals surface area contributed by atoms with Crippen LogP contribution < -0.4 is 5.32 Å². The molecule has 0 bridgehead atoms. The van der Waals surface area contributed by atoms with Crippen molar-refractivity contribution < 1.29 is 18.0 Å². The molecule has 2 rings (SSSR count). The molecule has 0 aliphatic rings. The van der Waals surface area contributed by atoms with Crippen LogP contribution in [0.15, 0.2) is 42.5 Å². The van der Waals surface area contributed by atoms with Gasteiger partial charge in [-0.25, -0.2) is 0 Å². The lowest BCUT2D eigenvalue weighted by atomic mass is 10.1. The van der Waals surface area contributed by atoms with Gasteiger partial charge in [0.1, 0.15) is 0 Å². The molecule has 0 aromatic heterocycles. The van der Waals surface area contributed by atoms with Crippen molar-refractivity contribution in [2.75, 3.05) is 12.4 Å². The number of nitrogens with one attached hydrogen (secondary N) is 1. The molecule has 0 spiro atoms. The molecule has 1 N–H and O–H groups in total. The molecule has 140 valence electrons. The summed E-state index contributed by atoms with van der Waals surface area (Å²) in [5.41, 5.74) is 0.445. The Kier molecular flexibility index (Phi) is 6.55. The van der Waals surface area contributed by atoms with Crippen LogP contribution in [0.4, 0.5) is 18.9 Å². The molecule has 1 amide bonds. The van der Waals surface area contributed by atoms with Crippen molar-refractivity contribution >= 4 is 34.8 Å². The zero-order chi connectivity index (χ0) is 19.5. The lowest BCUT2D eigenvalue weighted by molar-refractivity contribution is -0.137. The predicted molar refractivity (Wildman–Crippen MR) is 97.5 cm³/mol. The molecule has 2 aromatic rings. The summed E-state index contributed by atoms with van der Waals surface area (Å²) < 4.78 is 37.8. The van der Waals surface area contributed by atoms with E-state index in [1.807, 2.05) is 0 Å². The van der Waals surface area contributed by atoms with E-state index in [2.05, 4.69) is 5.32 Å². The first-order chi connectivity index (χ1) is 12.1. The summed E-state index contributed by atoms with van der Waals surface area (Å²) in [5.74, 6) is -0.280. The largest absolute Gasteiger partial charge is 0.416 e. The zero-order valence-electron chi connectivity index (χ0n) is 14.1. The molecule has 2 aromatic carbocycles. The lowest BCUT2D eigenvalue weighted by Crippen LogP contribution is -2.39. The second kappa shape index (κ2) is 8.29. The third-order valence-corrected chi connectivity index (χ3v) is 4.32. The second-order valence-electron chi connectivity index (χ2n) is 5.93. The number of benzene rings is 2. The fourth-order valence-corrected chi connectivity index (χ4v) is 2.82. The molecule has 3 nitrogen and oxygen atoms in total. The van der Waals surface area contributed by atoms with E-state index >= 15 is 0 Å². The maximum absolute atomic E-state index is 12.6. The Bertz CT molecular complexity index is 759. The molecule has 0 aliphatic heterocycles. The number of hydrogen-bond donors (Lipinski definition) is 1. The number of likely N-dealkylation sites (N-methyl/N-ethyl adjacent to an activating group) is 1. The molecule has 0 radical (unpaired) electrons. The SMILES string of the molecule is CC(C(=O)Nc1cc(Cl)cc(Cl)c1)N(C)Cc1ccc(C(F)(F)F)cc1. The summed E-state index contributed by atoms with van der Waals surface area (Å²) in [7, 11) is 1.72. The molecular weight excluding hydrogens is 388 g/mol. The summed E-state index contributed by atoms with van der Waals surface area (Å²) in [6, 6.07) is 9.06. The number of nitrogens with zero attached hydrogens (tertiary/aromatic N) is 1. The van der Waals surface area contributed by atoms with E-state index in [-0.39, 0.29) is 5.91 Å². The van der Waals surface area contributed by atoms with Gasteiger partial charge in [-0.2, -0.15) is 13.2 Å². The van der Waals surface area contributed by atoms with Crippen molar-refractivity contribution in [3.05, 3.63) is 63.6 Å². The van der Waals surface area contributed by atoms with Crippen LogP contribution in [-0.2, 0) is 17.5 Å². The molecule has 1 unspecified atom stereocenters. The van der Waals surface area contributed by atoms with Crippen molar-refractivity contribution in [3.63, 3.8) is 0 Å². The maximum Gasteiger partial charge on any atom is 0.416 e. The number of halogens is 5. The fraction of sp³-hybridized carbons (Fsp3) is 0.278. The average Bonchev–Trinajstić information content (AvgIpc) is 2.52. The Labute approximate surface area is 159 Å². The number of carbonyl (C=O) groups is 1. The molecule has 0 aliphatic carbocycles. The minimum atomic E-state index is -4.37. The molecule has 0 saturated carbocycles. The minimum Gasteiger partial charge on any atom is -0.325 e. The van der Waals surface area contributed by atoms with Gasteiger partial charge in [-0.3, -0.25) is 9.69 Å². The third-order valence-electron chi connectivity index (χ3n) is 3.88. The Morgan fingerprint density at radius 3 is 2.15 bits per heavy atom. The van der Waals surface area contributed by atoms with E-state index in [4.69, 9.17) is 23.2 Å². The highest BCUT2D eigenvalue weighted by Gasteiger charge is 2.30. The third kappa shape index (κ3) is 5.62. The van der Waals surface area contributed by atoms with E-state index in [0.29, 0.717) is 27.8 Å². The Balaban J connectivity index is 1.99. The van der Waals surface area contributed by atoms with Crippen molar-refractivity contribution in [2.24, 2.45) is 0 Å². The van der Waals surface area contributed by atoms with Crippen molar-refractivity contribution in [1.29, 1.82) is 0 Å². The number of rotatable bonds is 5. The monoisotopic (exact) mass is 404 g/mol. The second-order valence-corrected chi connectivity index (χ2v) is 6.81. The van der Waals surface area contributed by atoms with E-state index < -0.39 is 17.8 Å². The molecule has 8 heteroatoms. The first kappa shape index (κ1) is 20.6. The van der Waals surface area contributed by atoms with Crippen molar-refractivity contribution in [2.45, 2.75) is 25.7 Å². The Morgan fingerprint density at radius 1 is 1.12 bits per heavy atom. The van der Waals surface area contributed by atoms with E-state index in [1.54, 1.807) is 37.1 Å². The van der Waals surface area contributed by atoms with Crippen LogP contribution >= 0.6 is 23.2 Å². The van der Waals surface area contributed by atoms with Gasteiger partial charge in [0.15, 0.2) is 0 Å². The quantitative estimate of drug-likeness (QED) is 0.716. The molecule has 26 heavy (non-hydrogen) atoms. The van der Waals surface area contributed by atoms with Gasteiger partial charge in [0.2, 0.25) is 5.91 Å². The van der Waals surface area contributed by atoms with Crippen LogP contribution in [0.25, 0.3) is 0 Å². The van der Waals surface area contributed by atoms with Gasteiger partial charge in [-0.05, 0) is 49.9 Å². The van der Waals surface area contributed by atoms with Gasteiger partial charge >= 0.3 is 6.18 Å². The van der Waals surface area contributed by atoms with E-state index in [1.165, 1.54) is 12.1 Å². The normalized spacial score (nSPS) is 12.9. The van der Waals surface area contributed by atoms with Crippen molar-refractivity contribution in [1.82, 2.24) is 4.90 Å². The van der Waals surface area contributed by atoms with E-state index in [0.717, 1.165) is 12.1 Å². The molecule has 0 heterocycles. The van der Waals surface area contributed by atoms with Gasteiger partial charge in [-0.15, -0.1) is 0 Å². The van der Waals surface area contributed by atoms with Gasteiger partial charge in [0.25, 0.3) is 0 Å². The highest BCUT2D eigenvalue weighted by Crippen LogP contribution is 2.29.